The number of nitrogens with one attached hydrogen (secondary N) is 1. The van der Waals surface area contributed by atoms with Crippen LogP contribution in [0.5, 0.6) is 0 Å². The van der Waals surface area contributed by atoms with Gasteiger partial charge >= 0.3 is 0 Å². The van der Waals surface area contributed by atoms with Crippen LogP contribution in [0.3, 0.4) is 0 Å². The van der Waals surface area contributed by atoms with E-state index in [0.717, 1.165) is 22.5 Å². The molecule has 0 saturated carbocycles. The molecule has 1 aliphatic rings. The van der Waals surface area contributed by atoms with E-state index in [-0.39, 0.29) is 17.8 Å². The summed E-state index contributed by atoms with van der Waals surface area (Å²) >= 11 is 0. The van der Waals surface area contributed by atoms with Crippen LogP contribution in [0.1, 0.15) is 42.3 Å². The molecule has 1 aromatic carbocycles. The number of hydrogen-bond acceptors (Lipinski definition) is 3. The number of benzene rings is 1. The summed E-state index contributed by atoms with van der Waals surface area (Å²) in [6.07, 6.45) is 1.83. The average Bonchev–Trinajstić information content (AvgIpc) is 2.88. The van der Waals surface area contributed by atoms with Gasteiger partial charge in [-0.2, -0.15) is 5.10 Å². The maximum atomic E-state index is 13.8. The van der Waals surface area contributed by atoms with E-state index in [9.17, 15) is 9.18 Å². The first kappa shape index (κ1) is 19.5. The summed E-state index contributed by atoms with van der Waals surface area (Å²) in [7, 11) is 1.93. The van der Waals surface area contributed by atoms with Gasteiger partial charge < -0.3 is 10.1 Å². The maximum Gasteiger partial charge on any atom is 0.231 e. The predicted octanol–water partition coefficient (Wildman–Crippen LogP) is 2.97. The molecule has 1 aromatic heterocycles. The molecule has 1 atom stereocenters. The van der Waals surface area contributed by atoms with E-state index in [1.54, 1.807) is 6.07 Å². The lowest BCUT2D eigenvalue weighted by molar-refractivity contribution is -0.131. The van der Waals surface area contributed by atoms with Crippen LogP contribution in [0.25, 0.3) is 0 Å². The van der Waals surface area contributed by atoms with Gasteiger partial charge in [-0.3, -0.25) is 9.48 Å². The summed E-state index contributed by atoms with van der Waals surface area (Å²) in [5.41, 5.74) is 3.25. The third-order valence-corrected chi connectivity index (χ3v) is 5.70. The van der Waals surface area contributed by atoms with Crippen molar-refractivity contribution in [3.05, 3.63) is 52.6 Å². The molecule has 6 heteroatoms. The first-order valence-corrected chi connectivity index (χ1v) is 9.47. The number of aryl methyl sites for hydroxylation is 2. The van der Waals surface area contributed by atoms with Crippen LogP contribution in [0, 0.1) is 19.7 Å². The Kier molecular flexibility index (Phi) is 5.65. The Balaban J connectivity index is 1.80. The molecule has 0 spiro atoms. The van der Waals surface area contributed by atoms with Crippen molar-refractivity contribution >= 4 is 5.91 Å². The van der Waals surface area contributed by atoms with Crippen LogP contribution in [0.2, 0.25) is 0 Å². The van der Waals surface area contributed by atoms with E-state index in [4.69, 9.17) is 4.74 Å². The third-order valence-electron chi connectivity index (χ3n) is 5.70. The van der Waals surface area contributed by atoms with Gasteiger partial charge in [-0.05, 0) is 63.3 Å². The quantitative estimate of drug-likeness (QED) is 0.877. The molecule has 1 fully saturated rings. The Morgan fingerprint density at radius 1 is 1.37 bits per heavy atom. The fourth-order valence-corrected chi connectivity index (χ4v) is 3.98. The van der Waals surface area contributed by atoms with Crippen LogP contribution < -0.4 is 5.32 Å². The molecule has 0 bridgehead atoms. The summed E-state index contributed by atoms with van der Waals surface area (Å²) < 4.78 is 21.2. The Bertz CT molecular complexity index is 825. The van der Waals surface area contributed by atoms with E-state index in [1.165, 1.54) is 12.1 Å². The number of ether oxygens (including phenoxy) is 1. The summed E-state index contributed by atoms with van der Waals surface area (Å²) in [5, 5.41) is 7.62. The highest BCUT2D eigenvalue weighted by Gasteiger charge is 2.42. The Morgan fingerprint density at radius 2 is 2.07 bits per heavy atom. The van der Waals surface area contributed by atoms with Crippen LogP contribution in [0.15, 0.2) is 24.3 Å². The highest BCUT2D eigenvalue weighted by molar-refractivity contribution is 5.88. The molecule has 2 heterocycles. The molecule has 0 radical (unpaired) electrons. The molecule has 1 N–H and O–H groups in total. The van der Waals surface area contributed by atoms with Gasteiger partial charge in [0.1, 0.15) is 5.82 Å². The summed E-state index contributed by atoms with van der Waals surface area (Å²) in [6.45, 7) is 7.03. The van der Waals surface area contributed by atoms with Crippen LogP contribution in [-0.2, 0) is 28.4 Å². The first-order valence-electron chi connectivity index (χ1n) is 9.47. The monoisotopic (exact) mass is 373 g/mol. The lowest BCUT2D eigenvalue weighted by Gasteiger charge is -2.37. The zero-order chi connectivity index (χ0) is 19.6. The van der Waals surface area contributed by atoms with Crippen LogP contribution >= 0.6 is 0 Å². The van der Waals surface area contributed by atoms with Crippen molar-refractivity contribution in [2.45, 2.75) is 51.5 Å². The van der Waals surface area contributed by atoms with E-state index < -0.39 is 5.41 Å². The second kappa shape index (κ2) is 7.80. The van der Waals surface area contributed by atoms with E-state index >= 15 is 0 Å². The molecule has 1 saturated heterocycles. The zero-order valence-corrected chi connectivity index (χ0v) is 16.5. The normalized spacial score (nSPS) is 17.5. The lowest BCUT2D eigenvalue weighted by Crippen LogP contribution is -2.50. The van der Waals surface area contributed by atoms with Gasteiger partial charge in [-0.1, -0.05) is 12.1 Å². The molecule has 5 nitrogen and oxygen atoms in total. The number of carbonyl (C=O) groups excluding carboxylic acids is 1. The van der Waals surface area contributed by atoms with Gasteiger partial charge in [0.15, 0.2) is 0 Å². The minimum atomic E-state index is -0.742. The SMILES string of the molecule is Cc1nn(C)c(C)c1CC(C)NC(=O)C1(c2cccc(F)c2)CCOCC1. The largest absolute Gasteiger partial charge is 0.381 e. The molecule has 2 aromatic rings. The number of halogens is 1. The minimum Gasteiger partial charge on any atom is -0.381 e. The van der Waals surface area contributed by atoms with E-state index in [1.807, 2.05) is 38.6 Å². The molecule has 146 valence electrons. The number of hydrogen-bond donors (Lipinski definition) is 1. The molecule has 3 rings (SSSR count). The van der Waals surface area contributed by atoms with Crippen molar-refractivity contribution in [3.8, 4) is 0 Å². The summed E-state index contributed by atoms with van der Waals surface area (Å²) in [5.74, 6) is -0.371. The number of rotatable bonds is 5. The van der Waals surface area contributed by atoms with Crippen molar-refractivity contribution in [2.24, 2.45) is 7.05 Å². The molecule has 1 amide bonds. The van der Waals surface area contributed by atoms with Gasteiger partial charge in [0.05, 0.1) is 11.1 Å². The van der Waals surface area contributed by atoms with Crippen molar-refractivity contribution in [1.29, 1.82) is 0 Å². The van der Waals surface area contributed by atoms with Gasteiger partial charge in [0.25, 0.3) is 0 Å². The number of aromatic nitrogens is 2. The Morgan fingerprint density at radius 3 is 2.67 bits per heavy atom. The van der Waals surface area contributed by atoms with Gasteiger partial charge in [-0.15, -0.1) is 0 Å². The van der Waals surface area contributed by atoms with Crippen LogP contribution in [-0.4, -0.2) is 34.9 Å². The second-order valence-electron chi connectivity index (χ2n) is 7.56. The van der Waals surface area contributed by atoms with Crippen molar-refractivity contribution in [3.63, 3.8) is 0 Å². The Labute approximate surface area is 159 Å². The minimum absolute atomic E-state index is 0.0487. The average molecular weight is 373 g/mol. The third kappa shape index (κ3) is 3.90. The number of amides is 1. The molecule has 1 aliphatic heterocycles. The molecular weight excluding hydrogens is 345 g/mol. The second-order valence-corrected chi connectivity index (χ2v) is 7.56. The topological polar surface area (TPSA) is 56.2 Å². The highest BCUT2D eigenvalue weighted by atomic mass is 19.1. The number of nitrogens with zero attached hydrogens (tertiary/aromatic N) is 2. The standard InChI is InChI=1S/C21H28FN3O2/c1-14(12-19-15(2)24-25(4)16(19)3)23-20(26)21(8-10-27-11-9-21)17-6-5-7-18(22)13-17/h5-7,13-14H,8-12H2,1-4H3,(H,23,26). The first-order chi connectivity index (χ1) is 12.8. The molecular formula is C21H28FN3O2. The molecule has 1 unspecified atom stereocenters. The fraction of sp³-hybridized carbons (Fsp3) is 0.524. The maximum absolute atomic E-state index is 13.8. The van der Waals surface area contributed by atoms with Crippen molar-refractivity contribution < 1.29 is 13.9 Å². The predicted molar refractivity (Wildman–Crippen MR) is 102 cm³/mol. The summed E-state index contributed by atoms with van der Waals surface area (Å²) in [4.78, 5) is 13.3. The van der Waals surface area contributed by atoms with E-state index in [0.29, 0.717) is 32.5 Å². The van der Waals surface area contributed by atoms with Gasteiger partial charge in [0.2, 0.25) is 5.91 Å². The molecule has 0 aliphatic carbocycles. The highest BCUT2D eigenvalue weighted by Crippen LogP contribution is 2.35. The van der Waals surface area contributed by atoms with Gasteiger partial charge in [0, 0.05) is 32.0 Å². The molecule has 27 heavy (non-hydrogen) atoms. The van der Waals surface area contributed by atoms with Crippen molar-refractivity contribution in [1.82, 2.24) is 15.1 Å². The summed E-state index contributed by atoms with van der Waals surface area (Å²) in [6, 6.07) is 6.35. The van der Waals surface area contributed by atoms with E-state index in [2.05, 4.69) is 10.4 Å². The van der Waals surface area contributed by atoms with Gasteiger partial charge in [-0.25, -0.2) is 4.39 Å². The van der Waals surface area contributed by atoms with Crippen LogP contribution in [0.4, 0.5) is 4.39 Å². The fourth-order valence-electron chi connectivity index (χ4n) is 3.98. The smallest absolute Gasteiger partial charge is 0.231 e. The van der Waals surface area contributed by atoms with Crippen molar-refractivity contribution in [2.75, 3.05) is 13.2 Å². The zero-order valence-electron chi connectivity index (χ0n) is 16.5. The Hall–Kier alpha value is -2.21. The lowest BCUT2D eigenvalue weighted by atomic mass is 9.73. The number of carbonyl (C=O) groups is 1.